The number of aliphatic carboxylic acids is 1. The summed E-state index contributed by atoms with van der Waals surface area (Å²) in [6, 6.07) is 6.33. The van der Waals surface area contributed by atoms with Crippen molar-refractivity contribution in [2.24, 2.45) is 5.41 Å². The molecule has 3 heteroatoms. The van der Waals surface area contributed by atoms with Gasteiger partial charge in [0.25, 0.3) is 0 Å². The summed E-state index contributed by atoms with van der Waals surface area (Å²) >= 11 is 0. The predicted molar refractivity (Wildman–Crippen MR) is 79.8 cm³/mol. The standard InChI is InChI=1S/C16H25NO2/c1-11-7-8-12(15(2,3)4)9-13(11)17-10-16(5,6)14(18)19/h7-9,17H,10H2,1-6H3,(H,18,19). The average molecular weight is 263 g/mol. The van der Waals surface area contributed by atoms with Crippen LogP contribution in [0.2, 0.25) is 0 Å². The molecular weight excluding hydrogens is 238 g/mol. The van der Waals surface area contributed by atoms with E-state index < -0.39 is 11.4 Å². The first kappa shape index (κ1) is 15.5. The zero-order valence-corrected chi connectivity index (χ0v) is 12.8. The molecule has 0 aliphatic carbocycles. The number of benzene rings is 1. The van der Waals surface area contributed by atoms with E-state index in [9.17, 15) is 4.79 Å². The molecule has 0 saturated carbocycles. The van der Waals surface area contributed by atoms with Gasteiger partial charge in [-0.25, -0.2) is 0 Å². The van der Waals surface area contributed by atoms with Gasteiger partial charge in [-0.3, -0.25) is 4.79 Å². The van der Waals surface area contributed by atoms with Crippen molar-refractivity contribution in [3.63, 3.8) is 0 Å². The third-order valence-electron chi connectivity index (χ3n) is 3.40. The molecule has 0 fully saturated rings. The molecule has 0 amide bonds. The number of rotatable bonds is 4. The van der Waals surface area contributed by atoms with Gasteiger partial charge >= 0.3 is 5.97 Å². The maximum Gasteiger partial charge on any atom is 0.310 e. The van der Waals surface area contributed by atoms with E-state index in [1.165, 1.54) is 5.56 Å². The first-order valence-corrected chi connectivity index (χ1v) is 6.62. The fraction of sp³-hybridized carbons (Fsp3) is 0.562. The Hall–Kier alpha value is -1.51. The van der Waals surface area contributed by atoms with E-state index in [4.69, 9.17) is 5.11 Å². The Morgan fingerprint density at radius 3 is 2.26 bits per heavy atom. The minimum Gasteiger partial charge on any atom is -0.481 e. The van der Waals surface area contributed by atoms with Crippen LogP contribution in [0.15, 0.2) is 18.2 Å². The van der Waals surface area contributed by atoms with Gasteiger partial charge < -0.3 is 10.4 Å². The second kappa shape index (κ2) is 5.24. The highest BCUT2D eigenvalue weighted by Crippen LogP contribution is 2.27. The number of carboxylic acid groups (broad SMARTS) is 1. The molecule has 0 atom stereocenters. The fourth-order valence-electron chi connectivity index (χ4n) is 1.67. The molecule has 0 heterocycles. The minimum absolute atomic E-state index is 0.0897. The molecular formula is C16H25NO2. The van der Waals surface area contributed by atoms with Crippen molar-refractivity contribution >= 4 is 11.7 Å². The smallest absolute Gasteiger partial charge is 0.310 e. The lowest BCUT2D eigenvalue weighted by Crippen LogP contribution is -2.32. The van der Waals surface area contributed by atoms with Crippen LogP contribution in [0.3, 0.4) is 0 Å². The Kier molecular flexibility index (Phi) is 4.28. The van der Waals surface area contributed by atoms with E-state index in [-0.39, 0.29) is 5.41 Å². The summed E-state index contributed by atoms with van der Waals surface area (Å²) in [5.74, 6) is -0.787. The van der Waals surface area contributed by atoms with Crippen LogP contribution in [0.1, 0.15) is 45.7 Å². The highest BCUT2D eigenvalue weighted by Gasteiger charge is 2.27. The third-order valence-corrected chi connectivity index (χ3v) is 3.40. The average Bonchev–Trinajstić information content (AvgIpc) is 2.26. The number of carbonyl (C=O) groups is 1. The van der Waals surface area contributed by atoms with Gasteiger partial charge in [-0.15, -0.1) is 0 Å². The van der Waals surface area contributed by atoms with Gasteiger partial charge in [-0.1, -0.05) is 32.9 Å². The molecule has 0 bridgehead atoms. The van der Waals surface area contributed by atoms with E-state index >= 15 is 0 Å². The number of hydrogen-bond acceptors (Lipinski definition) is 2. The maximum atomic E-state index is 11.1. The van der Waals surface area contributed by atoms with Crippen LogP contribution in [0.5, 0.6) is 0 Å². The summed E-state index contributed by atoms with van der Waals surface area (Å²) in [6.45, 7) is 12.4. The van der Waals surface area contributed by atoms with Crippen LogP contribution in [0.25, 0.3) is 0 Å². The lowest BCUT2D eigenvalue weighted by atomic mass is 9.86. The lowest BCUT2D eigenvalue weighted by molar-refractivity contribution is -0.146. The molecule has 0 aromatic heterocycles. The lowest BCUT2D eigenvalue weighted by Gasteiger charge is -2.24. The minimum atomic E-state index is -0.787. The Labute approximate surface area is 116 Å². The molecule has 1 aromatic carbocycles. The maximum absolute atomic E-state index is 11.1. The zero-order chi connectivity index (χ0) is 14.8. The molecule has 19 heavy (non-hydrogen) atoms. The summed E-state index contributed by atoms with van der Waals surface area (Å²) in [5.41, 5.74) is 2.71. The Morgan fingerprint density at radius 1 is 1.21 bits per heavy atom. The first-order chi connectivity index (χ1) is 8.54. The van der Waals surface area contributed by atoms with Crippen molar-refractivity contribution in [3.05, 3.63) is 29.3 Å². The Bertz CT molecular complexity index is 470. The molecule has 1 aromatic rings. The highest BCUT2D eigenvalue weighted by molar-refractivity contribution is 5.74. The fourth-order valence-corrected chi connectivity index (χ4v) is 1.67. The van der Waals surface area contributed by atoms with E-state index in [0.29, 0.717) is 6.54 Å². The van der Waals surface area contributed by atoms with Gasteiger partial charge in [-0.2, -0.15) is 0 Å². The second-order valence-electron chi connectivity index (χ2n) is 6.82. The van der Waals surface area contributed by atoms with E-state index in [1.807, 2.05) is 6.92 Å². The van der Waals surface area contributed by atoms with Crippen LogP contribution in [-0.4, -0.2) is 17.6 Å². The Morgan fingerprint density at radius 2 is 1.79 bits per heavy atom. The molecule has 0 aliphatic rings. The van der Waals surface area contributed by atoms with Gasteiger partial charge in [0, 0.05) is 12.2 Å². The quantitative estimate of drug-likeness (QED) is 0.868. The van der Waals surface area contributed by atoms with Gasteiger partial charge in [0.05, 0.1) is 5.41 Å². The number of nitrogens with one attached hydrogen (secondary N) is 1. The molecule has 0 unspecified atom stereocenters. The van der Waals surface area contributed by atoms with Gasteiger partial charge in [0.1, 0.15) is 0 Å². The summed E-state index contributed by atoms with van der Waals surface area (Å²) in [6.07, 6.45) is 0. The van der Waals surface area contributed by atoms with Crippen molar-refractivity contribution in [1.82, 2.24) is 0 Å². The normalized spacial score (nSPS) is 12.3. The van der Waals surface area contributed by atoms with Crippen LogP contribution < -0.4 is 5.32 Å². The Balaban J connectivity index is 2.93. The zero-order valence-electron chi connectivity index (χ0n) is 12.8. The molecule has 0 spiro atoms. The van der Waals surface area contributed by atoms with Crippen LogP contribution >= 0.6 is 0 Å². The molecule has 1 rings (SSSR count). The predicted octanol–water partition coefficient (Wildman–Crippen LogP) is 3.82. The number of hydrogen-bond donors (Lipinski definition) is 2. The van der Waals surface area contributed by atoms with Crippen LogP contribution in [-0.2, 0) is 10.2 Å². The number of aryl methyl sites for hydroxylation is 1. The first-order valence-electron chi connectivity index (χ1n) is 6.62. The van der Waals surface area contributed by atoms with Crippen molar-refractivity contribution < 1.29 is 9.90 Å². The number of anilines is 1. The molecule has 0 saturated heterocycles. The summed E-state index contributed by atoms with van der Waals surface area (Å²) in [7, 11) is 0. The monoisotopic (exact) mass is 263 g/mol. The van der Waals surface area contributed by atoms with Crippen molar-refractivity contribution in [2.45, 2.75) is 47.0 Å². The van der Waals surface area contributed by atoms with Gasteiger partial charge in [0.2, 0.25) is 0 Å². The second-order valence-corrected chi connectivity index (χ2v) is 6.82. The van der Waals surface area contributed by atoms with E-state index in [1.54, 1.807) is 13.8 Å². The van der Waals surface area contributed by atoms with Crippen molar-refractivity contribution in [3.8, 4) is 0 Å². The van der Waals surface area contributed by atoms with Crippen LogP contribution in [0, 0.1) is 12.3 Å². The molecule has 0 aliphatic heterocycles. The SMILES string of the molecule is Cc1ccc(C(C)(C)C)cc1NCC(C)(C)C(=O)O. The van der Waals surface area contributed by atoms with Crippen molar-refractivity contribution in [1.29, 1.82) is 0 Å². The number of carboxylic acids is 1. The molecule has 106 valence electrons. The van der Waals surface area contributed by atoms with Crippen LogP contribution in [0.4, 0.5) is 5.69 Å². The summed E-state index contributed by atoms with van der Waals surface area (Å²) in [5, 5.41) is 12.4. The molecule has 0 radical (unpaired) electrons. The summed E-state index contributed by atoms with van der Waals surface area (Å²) in [4.78, 5) is 11.1. The summed E-state index contributed by atoms with van der Waals surface area (Å²) < 4.78 is 0. The topological polar surface area (TPSA) is 49.3 Å². The third kappa shape index (κ3) is 3.98. The van der Waals surface area contributed by atoms with Gasteiger partial charge in [-0.05, 0) is 43.4 Å². The van der Waals surface area contributed by atoms with Crippen molar-refractivity contribution in [2.75, 3.05) is 11.9 Å². The highest BCUT2D eigenvalue weighted by atomic mass is 16.4. The van der Waals surface area contributed by atoms with E-state index in [0.717, 1.165) is 11.3 Å². The largest absolute Gasteiger partial charge is 0.481 e. The molecule has 3 nitrogen and oxygen atoms in total. The molecule has 2 N–H and O–H groups in total. The van der Waals surface area contributed by atoms with E-state index in [2.05, 4.69) is 44.3 Å². The van der Waals surface area contributed by atoms with Gasteiger partial charge in [0.15, 0.2) is 0 Å².